The molecule has 2 heterocycles. The first kappa shape index (κ1) is 16.5. The summed E-state index contributed by atoms with van der Waals surface area (Å²) in [4.78, 5) is 23.9. The van der Waals surface area contributed by atoms with Gasteiger partial charge in [-0.25, -0.2) is 9.97 Å². The van der Waals surface area contributed by atoms with Crippen LogP contribution in [0.15, 0.2) is 65.5 Å². The van der Waals surface area contributed by atoms with Crippen LogP contribution in [-0.4, -0.2) is 19.5 Å². The Balaban J connectivity index is 1.86. The van der Waals surface area contributed by atoms with Crippen molar-refractivity contribution in [3.8, 4) is 0 Å². The molecule has 5 nitrogen and oxygen atoms in total. The second-order valence-corrected chi connectivity index (χ2v) is 6.84. The Bertz CT molecular complexity index is 1040. The molecule has 0 saturated heterocycles. The van der Waals surface area contributed by atoms with E-state index in [0.29, 0.717) is 18.0 Å². The van der Waals surface area contributed by atoms with E-state index >= 15 is 0 Å². The van der Waals surface area contributed by atoms with Crippen molar-refractivity contribution in [1.82, 2.24) is 19.5 Å². The zero-order chi connectivity index (χ0) is 18.1. The highest BCUT2D eigenvalue weighted by Crippen LogP contribution is 2.32. The normalized spacial score (nSPS) is 18.1. The number of H-pyrrole nitrogens is 1. The van der Waals surface area contributed by atoms with Gasteiger partial charge in [0.25, 0.3) is 5.56 Å². The van der Waals surface area contributed by atoms with Gasteiger partial charge in [-0.15, -0.1) is 0 Å². The van der Waals surface area contributed by atoms with Gasteiger partial charge in [0.05, 0.1) is 23.4 Å². The van der Waals surface area contributed by atoms with E-state index in [-0.39, 0.29) is 11.6 Å². The number of aromatic nitrogens is 4. The average Bonchev–Trinajstić information content (AvgIpc) is 3.15. The van der Waals surface area contributed by atoms with Crippen molar-refractivity contribution in [2.24, 2.45) is 5.92 Å². The molecule has 2 aromatic heterocycles. The van der Waals surface area contributed by atoms with E-state index in [4.69, 9.17) is 0 Å². The summed E-state index contributed by atoms with van der Waals surface area (Å²) in [6, 6.07) is 6.13. The lowest BCUT2D eigenvalue weighted by atomic mass is 9.90. The molecule has 3 aromatic rings. The van der Waals surface area contributed by atoms with Crippen molar-refractivity contribution < 1.29 is 0 Å². The second-order valence-electron chi connectivity index (χ2n) is 6.84. The summed E-state index contributed by atoms with van der Waals surface area (Å²) in [5, 5.41) is 0. The molecule has 0 aliphatic heterocycles. The predicted octanol–water partition coefficient (Wildman–Crippen LogP) is 3.79. The number of aromatic amines is 1. The molecule has 0 bridgehead atoms. The number of hydrogen-bond donors (Lipinski definition) is 1. The Kier molecular flexibility index (Phi) is 4.29. The molecule has 4 rings (SSSR count). The lowest BCUT2D eigenvalue weighted by molar-refractivity contribution is 0.644. The van der Waals surface area contributed by atoms with E-state index in [2.05, 4.69) is 50.7 Å². The van der Waals surface area contributed by atoms with Crippen LogP contribution in [0.1, 0.15) is 37.6 Å². The van der Waals surface area contributed by atoms with Gasteiger partial charge in [-0.1, -0.05) is 38.1 Å². The Morgan fingerprint density at radius 2 is 2.27 bits per heavy atom. The summed E-state index contributed by atoms with van der Waals surface area (Å²) in [5.41, 5.74) is 4.38. The number of nitrogens with one attached hydrogen (secondary N) is 1. The van der Waals surface area contributed by atoms with Crippen LogP contribution < -0.4 is 5.56 Å². The summed E-state index contributed by atoms with van der Waals surface area (Å²) in [6.45, 7) is 4.17. The van der Waals surface area contributed by atoms with Gasteiger partial charge in [-0.2, -0.15) is 0 Å². The van der Waals surface area contributed by atoms with E-state index in [1.807, 2.05) is 31.6 Å². The number of hydrogen-bond acceptors (Lipinski definition) is 3. The quantitative estimate of drug-likeness (QED) is 0.782. The van der Waals surface area contributed by atoms with E-state index in [1.54, 1.807) is 6.20 Å². The number of benzene rings is 1. The fourth-order valence-electron chi connectivity index (χ4n) is 3.56. The fourth-order valence-corrected chi connectivity index (χ4v) is 3.56. The van der Waals surface area contributed by atoms with Crippen molar-refractivity contribution in [3.63, 3.8) is 0 Å². The predicted molar refractivity (Wildman–Crippen MR) is 103 cm³/mol. The van der Waals surface area contributed by atoms with Gasteiger partial charge in [0.15, 0.2) is 0 Å². The fraction of sp³-hybridized carbons (Fsp3) is 0.286. The number of imidazole rings is 1. The maximum atomic E-state index is 12.2. The largest absolute Gasteiger partial charge is 0.326 e. The molecule has 2 unspecified atom stereocenters. The van der Waals surface area contributed by atoms with Gasteiger partial charge in [0.1, 0.15) is 5.69 Å². The first-order valence-electron chi connectivity index (χ1n) is 9.04. The molecule has 1 aliphatic rings. The molecule has 0 saturated carbocycles. The third-order valence-electron chi connectivity index (χ3n) is 4.87. The third kappa shape index (κ3) is 3.01. The zero-order valence-corrected chi connectivity index (χ0v) is 15.0. The average molecular weight is 346 g/mol. The molecule has 1 N–H and O–H groups in total. The minimum Gasteiger partial charge on any atom is -0.326 e. The number of allylic oxidation sites excluding steroid dienone is 4. The van der Waals surface area contributed by atoms with Crippen LogP contribution in [0.4, 0.5) is 0 Å². The smallest absolute Gasteiger partial charge is 0.270 e. The minimum atomic E-state index is -0.110. The van der Waals surface area contributed by atoms with Crippen LogP contribution in [0.25, 0.3) is 11.0 Å². The SMILES string of the molecule is CCc1nc2ccc(C(C3=CC(C)CC=C3)n3ccnc3)cc2[nH]c1=O. The molecular formula is C21H22N4O. The number of fused-ring (bicyclic) bond motifs is 1. The van der Waals surface area contributed by atoms with Gasteiger partial charge in [-0.3, -0.25) is 4.79 Å². The van der Waals surface area contributed by atoms with Crippen LogP contribution in [0.3, 0.4) is 0 Å². The molecule has 0 radical (unpaired) electrons. The zero-order valence-electron chi connectivity index (χ0n) is 15.0. The van der Waals surface area contributed by atoms with Crippen LogP contribution in [0.2, 0.25) is 0 Å². The van der Waals surface area contributed by atoms with E-state index in [0.717, 1.165) is 23.0 Å². The maximum absolute atomic E-state index is 12.2. The van der Waals surface area contributed by atoms with Crippen LogP contribution in [0.5, 0.6) is 0 Å². The monoisotopic (exact) mass is 346 g/mol. The van der Waals surface area contributed by atoms with Gasteiger partial charge < -0.3 is 9.55 Å². The van der Waals surface area contributed by atoms with Gasteiger partial charge in [0, 0.05) is 12.4 Å². The molecule has 132 valence electrons. The lowest BCUT2D eigenvalue weighted by Gasteiger charge is -2.24. The standard InChI is InChI=1S/C21H22N4O/c1-3-17-21(26)24-19-12-16(7-8-18(19)23-17)20(25-10-9-22-13-25)15-6-4-5-14(2)11-15/h4,6-14,20H,3,5H2,1-2H3,(H,24,26). The summed E-state index contributed by atoms with van der Waals surface area (Å²) >= 11 is 0. The van der Waals surface area contributed by atoms with Crippen molar-refractivity contribution >= 4 is 11.0 Å². The second kappa shape index (κ2) is 6.75. The van der Waals surface area contributed by atoms with E-state index in [1.165, 1.54) is 5.57 Å². The van der Waals surface area contributed by atoms with Gasteiger partial charge in [-0.05, 0) is 42.0 Å². The Labute approximate surface area is 152 Å². The lowest BCUT2D eigenvalue weighted by Crippen LogP contribution is -2.16. The Morgan fingerprint density at radius 1 is 1.38 bits per heavy atom. The molecule has 26 heavy (non-hydrogen) atoms. The molecule has 5 heteroatoms. The molecule has 1 aromatic carbocycles. The van der Waals surface area contributed by atoms with Crippen molar-refractivity contribution in [2.45, 2.75) is 32.7 Å². The molecule has 0 amide bonds. The molecule has 1 aliphatic carbocycles. The number of rotatable bonds is 4. The van der Waals surface area contributed by atoms with Crippen LogP contribution >= 0.6 is 0 Å². The van der Waals surface area contributed by atoms with Gasteiger partial charge >= 0.3 is 0 Å². The van der Waals surface area contributed by atoms with E-state index < -0.39 is 0 Å². The van der Waals surface area contributed by atoms with Gasteiger partial charge in [0.2, 0.25) is 0 Å². The highest BCUT2D eigenvalue weighted by molar-refractivity contribution is 5.75. The highest BCUT2D eigenvalue weighted by atomic mass is 16.1. The Hall–Kier alpha value is -2.95. The summed E-state index contributed by atoms with van der Waals surface area (Å²) in [5.74, 6) is 0.509. The van der Waals surface area contributed by atoms with Crippen LogP contribution in [-0.2, 0) is 6.42 Å². The topological polar surface area (TPSA) is 63.6 Å². The molecule has 0 fully saturated rings. The third-order valence-corrected chi connectivity index (χ3v) is 4.87. The van der Waals surface area contributed by atoms with Crippen LogP contribution in [0, 0.1) is 5.92 Å². The summed E-state index contributed by atoms with van der Waals surface area (Å²) < 4.78 is 2.10. The van der Waals surface area contributed by atoms with Crippen molar-refractivity contribution in [3.05, 3.63) is 82.3 Å². The number of nitrogens with zero attached hydrogens (tertiary/aromatic N) is 3. The van der Waals surface area contributed by atoms with Crippen molar-refractivity contribution in [2.75, 3.05) is 0 Å². The molecular weight excluding hydrogens is 324 g/mol. The molecule has 2 atom stereocenters. The first-order chi connectivity index (χ1) is 12.7. The van der Waals surface area contributed by atoms with Crippen molar-refractivity contribution in [1.29, 1.82) is 0 Å². The molecule has 0 spiro atoms. The minimum absolute atomic E-state index is 0.0234. The maximum Gasteiger partial charge on any atom is 0.270 e. The summed E-state index contributed by atoms with van der Waals surface area (Å²) in [7, 11) is 0. The summed E-state index contributed by atoms with van der Waals surface area (Å²) in [6.07, 6.45) is 14.0. The first-order valence-corrected chi connectivity index (χ1v) is 9.04. The highest BCUT2D eigenvalue weighted by Gasteiger charge is 2.20. The van der Waals surface area contributed by atoms with E-state index in [9.17, 15) is 4.79 Å². The number of aryl methyl sites for hydroxylation is 1. The Morgan fingerprint density at radius 3 is 3.00 bits per heavy atom.